The third-order valence-electron chi connectivity index (χ3n) is 7.87. The van der Waals surface area contributed by atoms with E-state index in [4.69, 9.17) is 4.74 Å². The van der Waals surface area contributed by atoms with E-state index in [1.165, 1.54) is 24.0 Å². The van der Waals surface area contributed by atoms with E-state index in [1.807, 2.05) is 0 Å². The van der Waals surface area contributed by atoms with Crippen molar-refractivity contribution in [2.45, 2.75) is 58.2 Å². The number of aliphatic hydroxyl groups excluding tert-OH is 2. The molecule has 2 saturated carbocycles. The third kappa shape index (κ3) is 1.99. The molecule has 3 nitrogen and oxygen atoms in total. The highest BCUT2D eigenvalue weighted by Crippen LogP contribution is 2.63. The van der Waals surface area contributed by atoms with Crippen LogP contribution >= 0.6 is 0 Å². The van der Waals surface area contributed by atoms with Gasteiger partial charge in [-0.25, -0.2) is 0 Å². The van der Waals surface area contributed by atoms with Gasteiger partial charge >= 0.3 is 0 Å². The highest BCUT2D eigenvalue weighted by atomic mass is 16.5. The third-order valence-corrected chi connectivity index (χ3v) is 7.87. The average molecular weight is 318 g/mol. The number of hydrogen-bond acceptors (Lipinski definition) is 3. The van der Waals surface area contributed by atoms with Crippen LogP contribution in [0, 0.1) is 28.6 Å². The van der Waals surface area contributed by atoms with E-state index in [1.54, 1.807) is 0 Å². The van der Waals surface area contributed by atoms with Crippen molar-refractivity contribution < 1.29 is 14.9 Å². The van der Waals surface area contributed by atoms with Crippen LogP contribution in [0.3, 0.4) is 0 Å². The highest BCUT2D eigenvalue weighted by Gasteiger charge is 2.59. The smallest absolute Gasteiger partial charge is 0.0858 e. The van der Waals surface area contributed by atoms with Gasteiger partial charge in [0, 0.05) is 11.3 Å². The molecule has 0 bridgehead atoms. The molecule has 4 aliphatic rings. The van der Waals surface area contributed by atoms with E-state index in [9.17, 15) is 10.2 Å². The Morgan fingerprint density at radius 3 is 2.83 bits per heavy atom. The van der Waals surface area contributed by atoms with E-state index in [0.29, 0.717) is 24.4 Å². The van der Waals surface area contributed by atoms with Crippen molar-refractivity contribution in [3.05, 3.63) is 23.8 Å². The largest absolute Gasteiger partial charge is 0.396 e. The maximum absolute atomic E-state index is 10.5. The molecule has 0 amide bonds. The minimum Gasteiger partial charge on any atom is -0.396 e. The molecule has 0 spiro atoms. The van der Waals surface area contributed by atoms with Crippen molar-refractivity contribution in [1.82, 2.24) is 0 Å². The molecule has 0 aromatic rings. The van der Waals surface area contributed by atoms with Gasteiger partial charge in [-0.2, -0.15) is 0 Å². The Hall–Kier alpha value is -0.640. The zero-order valence-electron chi connectivity index (χ0n) is 14.4. The van der Waals surface area contributed by atoms with Crippen molar-refractivity contribution in [2.75, 3.05) is 13.2 Å². The minimum atomic E-state index is -0.389. The number of aliphatic hydroxyl groups is 2. The fourth-order valence-electron chi connectivity index (χ4n) is 6.36. The lowest BCUT2D eigenvalue weighted by Crippen LogP contribution is -2.58. The summed E-state index contributed by atoms with van der Waals surface area (Å²) >= 11 is 0. The molecule has 128 valence electrons. The fraction of sp³-hybridized carbons (Fsp3) is 0.800. The summed E-state index contributed by atoms with van der Waals surface area (Å²) in [6, 6.07) is 0. The normalized spacial score (nSPS) is 52.4. The average Bonchev–Trinajstić information content (AvgIpc) is 2.93. The Kier molecular flexibility index (Phi) is 3.57. The summed E-state index contributed by atoms with van der Waals surface area (Å²) in [4.78, 5) is 0. The van der Waals surface area contributed by atoms with Gasteiger partial charge in [0.1, 0.15) is 0 Å². The van der Waals surface area contributed by atoms with Crippen molar-refractivity contribution in [2.24, 2.45) is 28.6 Å². The maximum atomic E-state index is 10.5. The van der Waals surface area contributed by atoms with Crippen LogP contribution in [0.5, 0.6) is 0 Å². The molecule has 0 aromatic heterocycles. The van der Waals surface area contributed by atoms with E-state index < -0.39 is 0 Å². The zero-order valence-corrected chi connectivity index (χ0v) is 14.4. The first-order valence-corrected chi connectivity index (χ1v) is 9.20. The molecule has 3 heteroatoms. The molecule has 1 heterocycles. The summed E-state index contributed by atoms with van der Waals surface area (Å²) in [6.07, 6.45) is 7.41. The lowest BCUT2D eigenvalue weighted by Gasteiger charge is -2.60. The first kappa shape index (κ1) is 15.9. The summed E-state index contributed by atoms with van der Waals surface area (Å²) in [6.45, 7) is 9.47. The van der Waals surface area contributed by atoms with E-state index in [0.717, 1.165) is 19.3 Å². The molecule has 4 rings (SSSR count). The Bertz CT molecular complexity index is 553. The topological polar surface area (TPSA) is 49.7 Å². The monoisotopic (exact) mass is 318 g/mol. The summed E-state index contributed by atoms with van der Waals surface area (Å²) in [5.74, 6) is 1.39. The van der Waals surface area contributed by atoms with Crippen LogP contribution in [0.2, 0.25) is 0 Å². The second kappa shape index (κ2) is 5.18. The van der Waals surface area contributed by atoms with Crippen LogP contribution in [0.1, 0.15) is 46.0 Å². The van der Waals surface area contributed by atoms with E-state index in [2.05, 4.69) is 26.5 Å². The van der Waals surface area contributed by atoms with Crippen LogP contribution in [0.25, 0.3) is 0 Å². The fourth-order valence-corrected chi connectivity index (χ4v) is 6.36. The first-order valence-electron chi connectivity index (χ1n) is 9.20. The molecule has 23 heavy (non-hydrogen) atoms. The summed E-state index contributed by atoms with van der Waals surface area (Å²) in [7, 11) is 0. The summed E-state index contributed by atoms with van der Waals surface area (Å²) in [5.41, 5.74) is 2.54. The number of ether oxygens (including phenoxy) is 1. The van der Waals surface area contributed by atoms with Gasteiger partial charge in [0.25, 0.3) is 0 Å². The molecule has 1 aliphatic heterocycles. The Morgan fingerprint density at radius 2 is 2.09 bits per heavy atom. The second-order valence-corrected chi connectivity index (χ2v) is 8.84. The van der Waals surface area contributed by atoms with Crippen LogP contribution in [-0.2, 0) is 4.74 Å². The molecule has 2 N–H and O–H groups in total. The molecule has 0 aromatic carbocycles. The number of rotatable bonds is 1. The first-order chi connectivity index (χ1) is 10.9. The van der Waals surface area contributed by atoms with Crippen LogP contribution in [0.4, 0.5) is 0 Å². The standard InChI is InChI=1S/C20H30O3/c1-12-10-23-18-13(12)4-6-15-14(18)5-7-16-19(15,2)9-8-17(22)20(16,3)11-21/h5,13,15-18,21-22H,1,4,6-11H2,2-3H3/t13-,15+,16-,17+,18+,19-,20+/m0/s1. The van der Waals surface area contributed by atoms with Gasteiger partial charge in [-0.3, -0.25) is 0 Å². The van der Waals surface area contributed by atoms with Crippen molar-refractivity contribution >= 4 is 0 Å². The number of allylic oxidation sites excluding steroid dienone is 1. The van der Waals surface area contributed by atoms with Gasteiger partial charge in [-0.05, 0) is 60.5 Å². The number of hydrogen-bond donors (Lipinski definition) is 2. The van der Waals surface area contributed by atoms with Gasteiger partial charge < -0.3 is 14.9 Å². The van der Waals surface area contributed by atoms with Gasteiger partial charge in [-0.15, -0.1) is 0 Å². The van der Waals surface area contributed by atoms with Gasteiger partial charge in [0.15, 0.2) is 0 Å². The van der Waals surface area contributed by atoms with Crippen molar-refractivity contribution in [1.29, 1.82) is 0 Å². The van der Waals surface area contributed by atoms with E-state index >= 15 is 0 Å². The molecule has 7 atom stereocenters. The second-order valence-electron chi connectivity index (χ2n) is 8.84. The molecule has 1 saturated heterocycles. The maximum Gasteiger partial charge on any atom is 0.0858 e. The molecule has 0 radical (unpaired) electrons. The van der Waals surface area contributed by atoms with Crippen molar-refractivity contribution in [3.63, 3.8) is 0 Å². The summed E-state index contributed by atoms with van der Waals surface area (Å²) in [5, 5.41) is 20.6. The molecular formula is C20H30O3. The molecular weight excluding hydrogens is 288 g/mol. The predicted octanol–water partition coefficient (Wildman–Crippen LogP) is 3.07. The van der Waals surface area contributed by atoms with Crippen LogP contribution in [-0.4, -0.2) is 35.6 Å². The Balaban J connectivity index is 1.72. The Morgan fingerprint density at radius 1 is 1.30 bits per heavy atom. The zero-order chi connectivity index (χ0) is 16.4. The van der Waals surface area contributed by atoms with Gasteiger partial charge in [-0.1, -0.05) is 26.5 Å². The van der Waals surface area contributed by atoms with E-state index in [-0.39, 0.29) is 29.6 Å². The van der Waals surface area contributed by atoms with Crippen LogP contribution < -0.4 is 0 Å². The Labute approximate surface area is 139 Å². The van der Waals surface area contributed by atoms with Gasteiger partial charge in [0.05, 0.1) is 25.4 Å². The molecule has 3 fully saturated rings. The lowest BCUT2D eigenvalue weighted by atomic mass is 9.45. The number of fused-ring (bicyclic) bond motifs is 5. The molecule has 3 aliphatic carbocycles. The highest BCUT2D eigenvalue weighted by molar-refractivity contribution is 5.31. The SMILES string of the molecule is C=C1CO[C@H]2C3=CC[C@@H]4[C@@](C)(CO)[C@H](O)CC[C@@]4(C)[C@@H]3CC[C@@H]12. The summed E-state index contributed by atoms with van der Waals surface area (Å²) < 4.78 is 6.10. The minimum absolute atomic E-state index is 0.0731. The molecule has 0 unspecified atom stereocenters. The lowest BCUT2D eigenvalue weighted by molar-refractivity contribution is -0.149. The quantitative estimate of drug-likeness (QED) is 0.731. The predicted molar refractivity (Wildman–Crippen MR) is 89.8 cm³/mol. The van der Waals surface area contributed by atoms with Gasteiger partial charge in [0.2, 0.25) is 0 Å². The van der Waals surface area contributed by atoms with Crippen molar-refractivity contribution in [3.8, 4) is 0 Å². The van der Waals surface area contributed by atoms with Crippen LogP contribution in [0.15, 0.2) is 23.8 Å².